The third-order valence-corrected chi connectivity index (χ3v) is 5.82. The van der Waals surface area contributed by atoms with Crippen molar-refractivity contribution in [1.82, 2.24) is 0 Å². The van der Waals surface area contributed by atoms with Gasteiger partial charge in [0.25, 0.3) is 0 Å². The maximum atomic E-state index is 11.0. The Balaban J connectivity index is -0.000000250. The topological polar surface area (TPSA) is 52.6 Å². The van der Waals surface area contributed by atoms with E-state index in [4.69, 9.17) is 16.3 Å². The van der Waals surface area contributed by atoms with Gasteiger partial charge in [0.2, 0.25) is 0 Å². The molecule has 0 aliphatic carbocycles. The van der Waals surface area contributed by atoms with E-state index in [1.807, 2.05) is 22.6 Å². The van der Waals surface area contributed by atoms with Crippen LogP contribution in [0, 0.1) is 0 Å². The van der Waals surface area contributed by atoms with Gasteiger partial charge >= 0.3 is 41.5 Å². The molecule has 0 N–H and O–H groups in total. The van der Waals surface area contributed by atoms with Crippen LogP contribution in [0.25, 0.3) is 0 Å². The zero-order valence-electron chi connectivity index (χ0n) is 22.3. The molecule has 0 spiro atoms. The number of carbonyl (C=O) groups excluding carboxylic acids is 2. The molecule has 0 heterocycles. The Morgan fingerprint density at radius 1 is 0.588 bits per heavy atom. The molecule has 0 aromatic rings. The summed E-state index contributed by atoms with van der Waals surface area (Å²) in [5.41, 5.74) is 0. The van der Waals surface area contributed by atoms with Crippen molar-refractivity contribution in [2.75, 3.05) is 10.7 Å². The molecule has 0 radical (unpaired) electrons. The summed E-state index contributed by atoms with van der Waals surface area (Å²) in [6.07, 6.45) is 24.0. The van der Waals surface area contributed by atoms with E-state index in [1.54, 1.807) is 0 Å². The van der Waals surface area contributed by atoms with Crippen LogP contribution in [0.15, 0.2) is 0 Å². The number of carbonyl (C=O) groups is 2. The number of ether oxygens (including phenoxy) is 2. The first-order valence-corrected chi connectivity index (χ1v) is 15.1. The third-order valence-electron chi connectivity index (χ3n) is 5.40. The van der Waals surface area contributed by atoms with Crippen molar-refractivity contribution in [1.29, 1.82) is 0 Å². The zero-order valence-corrected chi connectivity index (χ0v) is 29.4. The maximum absolute atomic E-state index is 11.0. The van der Waals surface area contributed by atoms with E-state index in [-0.39, 0.29) is 71.5 Å². The van der Waals surface area contributed by atoms with Gasteiger partial charge in [0, 0.05) is 12.8 Å². The fourth-order valence-electron chi connectivity index (χ4n) is 3.43. The first-order chi connectivity index (χ1) is 15.6. The van der Waals surface area contributed by atoms with E-state index in [0.717, 1.165) is 19.3 Å². The van der Waals surface area contributed by atoms with Gasteiger partial charge in [-0.25, -0.2) is 0 Å². The number of esters is 2. The Kier molecular flexibility index (Phi) is 49.3. The zero-order chi connectivity index (χ0) is 24.1. The van der Waals surface area contributed by atoms with Crippen molar-refractivity contribution < 1.29 is 72.6 Å². The van der Waals surface area contributed by atoms with Crippen LogP contribution in [0.2, 0.25) is 0 Å². The van der Waals surface area contributed by atoms with E-state index in [1.165, 1.54) is 96.3 Å². The first-order valence-electron chi connectivity index (χ1n) is 13.0. The van der Waals surface area contributed by atoms with Gasteiger partial charge in [-0.2, -0.15) is 0 Å². The molecule has 34 heavy (non-hydrogen) atoms. The molecule has 0 rings (SSSR count). The van der Waals surface area contributed by atoms with Gasteiger partial charge in [0.05, 0.1) is 0 Å². The minimum absolute atomic E-state index is 0. The Bertz CT molecular complexity index is 369. The van der Waals surface area contributed by atoms with Crippen molar-refractivity contribution in [3.8, 4) is 0 Å². The SMILES string of the molecule is CCCCCCCCCCCC(=O)OCCl.CCCCCCCCCCCC(=O)OCI.[I-].[Na+]. The summed E-state index contributed by atoms with van der Waals surface area (Å²) in [5, 5.41) is 0. The number of alkyl halides is 2. The molecule has 0 unspecified atom stereocenters. The molecule has 0 aliphatic heterocycles. The molecule has 4 nitrogen and oxygen atoms in total. The summed E-state index contributed by atoms with van der Waals surface area (Å²) in [4.78, 5) is 22.0. The Hall–Kier alpha value is 1.69. The van der Waals surface area contributed by atoms with Crippen LogP contribution in [0.4, 0.5) is 0 Å². The van der Waals surface area contributed by atoms with Gasteiger partial charge in [0.15, 0.2) is 6.07 Å². The van der Waals surface area contributed by atoms with Crippen molar-refractivity contribution in [2.45, 2.75) is 142 Å². The van der Waals surface area contributed by atoms with Crippen LogP contribution < -0.4 is 53.5 Å². The smallest absolute Gasteiger partial charge is 1.00 e. The van der Waals surface area contributed by atoms with Crippen molar-refractivity contribution >= 4 is 46.1 Å². The van der Waals surface area contributed by atoms with Crippen LogP contribution in [-0.4, -0.2) is 22.6 Å². The molecule has 0 bridgehead atoms. The number of halogens is 3. The van der Waals surface area contributed by atoms with Gasteiger partial charge in [-0.15, -0.1) is 0 Å². The van der Waals surface area contributed by atoms with Crippen LogP contribution in [-0.2, 0) is 19.1 Å². The van der Waals surface area contributed by atoms with Crippen LogP contribution in [0.3, 0.4) is 0 Å². The normalized spacial score (nSPS) is 9.76. The number of rotatable bonds is 22. The minimum Gasteiger partial charge on any atom is -1.00 e. The van der Waals surface area contributed by atoms with Crippen molar-refractivity contribution in [3.63, 3.8) is 0 Å². The summed E-state index contributed by atoms with van der Waals surface area (Å²) in [6, 6.07) is -0.0176. The second-order valence-corrected chi connectivity index (χ2v) is 9.25. The molecule has 0 aromatic heterocycles. The number of hydrogen-bond acceptors (Lipinski definition) is 4. The quantitative estimate of drug-likeness (QED) is 0.0562. The summed E-state index contributed by atoms with van der Waals surface area (Å²) >= 11 is 7.33. The summed E-state index contributed by atoms with van der Waals surface area (Å²) in [5.74, 6) is -0.213. The van der Waals surface area contributed by atoms with E-state index in [9.17, 15) is 9.59 Å². The predicted molar refractivity (Wildman–Crippen MR) is 145 cm³/mol. The molecule has 0 aromatic carbocycles. The van der Waals surface area contributed by atoms with Gasteiger partial charge in [-0.05, 0) is 35.4 Å². The van der Waals surface area contributed by atoms with Gasteiger partial charge in [-0.1, -0.05) is 128 Å². The maximum Gasteiger partial charge on any atom is 1.00 e. The molecule has 0 aliphatic rings. The van der Waals surface area contributed by atoms with Crippen LogP contribution in [0.5, 0.6) is 0 Å². The minimum atomic E-state index is -0.169. The summed E-state index contributed by atoms with van der Waals surface area (Å²) < 4.78 is 9.98. The molecular weight excluding hydrogens is 689 g/mol. The molecule has 0 amide bonds. The van der Waals surface area contributed by atoms with Crippen molar-refractivity contribution in [2.24, 2.45) is 0 Å². The second kappa shape index (κ2) is 39.2. The summed E-state index contributed by atoms with van der Waals surface area (Å²) in [6.45, 7) is 4.48. The summed E-state index contributed by atoms with van der Waals surface area (Å²) in [7, 11) is 0. The van der Waals surface area contributed by atoms with Crippen molar-refractivity contribution in [3.05, 3.63) is 0 Å². The molecule has 200 valence electrons. The monoisotopic (exact) mass is 738 g/mol. The first kappa shape index (κ1) is 42.8. The molecule has 0 atom stereocenters. The second-order valence-electron chi connectivity index (χ2n) is 8.41. The Labute approximate surface area is 269 Å². The third kappa shape index (κ3) is 40.8. The van der Waals surface area contributed by atoms with Gasteiger partial charge < -0.3 is 33.5 Å². The molecule has 0 saturated carbocycles. The van der Waals surface area contributed by atoms with E-state index in [2.05, 4.69) is 18.6 Å². The Morgan fingerprint density at radius 3 is 1.18 bits per heavy atom. The number of unbranched alkanes of at least 4 members (excludes halogenated alkanes) is 16. The van der Waals surface area contributed by atoms with Crippen LogP contribution in [0.1, 0.15) is 142 Å². The predicted octanol–water partition coefficient (Wildman–Crippen LogP) is 3.50. The fraction of sp³-hybridized carbons (Fsp3) is 0.923. The molecule has 0 fully saturated rings. The van der Waals surface area contributed by atoms with E-state index >= 15 is 0 Å². The van der Waals surface area contributed by atoms with Gasteiger partial charge in [-0.3, -0.25) is 9.59 Å². The van der Waals surface area contributed by atoms with E-state index < -0.39 is 0 Å². The molecule has 8 heteroatoms. The standard InChI is InChI=1S/C13H25ClO2.C13H25IO2.HI.Na/c2*1-2-3-4-5-6-7-8-9-10-11-13(15)16-12-14;;/h2*2-12H2,1H3;1H;/q;;;+1/p-1. The largest absolute Gasteiger partial charge is 1.00 e. The fourth-order valence-corrected chi connectivity index (χ4v) is 3.90. The van der Waals surface area contributed by atoms with Crippen LogP contribution >= 0.6 is 34.2 Å². The molecular formula is C26H50ClI2NaO4. The van der Waals surface area contributed by atoms with Gasteiger partial charge in [0.1, 0.15) is 4.61 Å². The Morgan fingerprint density at radius 2 is 0.882 bits per heavy atom. The molecule has 0 saturated heterocycles. The average Bonchev–Trinajstić information content (AvgIpc) is 2.78. The number of hydrogen-bond donors (Lipinski definition) is 0. The average molecular weight is 739 g/mol. The van der Waals surface area contributed by atoms with E-state index in [0.29, 0.717) is 17.5 Å².